The van der Waals surface area contributed by atoms with E-state index in [0.717, 1.165) is 12.8 Å². The Bertz CT molecular complexity index is 366. The first-order valence-electron chi connectivity index (χ1n) is 5.88. The molecule has 0 bridgehead atoms. The lowest BCUT2D eigenvalue weighted by molar-refractivity contribution is 0.0953. The maximum atomic E-state index is 11.7. The number of para-hydroxylation sites is 1. The van der Waals surface area contributed by atoms with Gasteiger partial charge in [-0.15, -0.1) is 0 Å². The molecule has 4 heteroatoms. The molecule has 0 fully saturated rings. The molecule has 1 amide bonds. The number of aliphatic hydroxyl groups excluding tert-OH is 1. The van der Waals surface area contributed by atoms with Gasteiger partial charge in [0.05, 0.1) is 5.56 Å². The molecule has 0 radical (unpaired) electrons. The number of hydrogen-bond donors (Lipinski definition) is 3. The fraction of sp³-hybridized carbons (Fsp3) is 0.462. The number of nitrogens with two attached hydrogens (primary N) is 1. The summed E-state index contributed by atoms with van der Waals surface area (Å²) in [5, 5.41) is 11.7. The van der Waals surface area contributed by atoms with Gasteiger partial charge in [0.15, 0.2) is 0 Å². The normalized spacial score (nSPS) is 12.1. The summed E-state index contributed by atoms with van der Waals surface area (Å²) in [6.45, 7) is 2.79. The fourth-order valence-corrected chi connectivity index (χ4v) is 1.54. The Balaban J connectivity index is 2.33. The standard InChI is InChI=1S/C13H20N2O2/c1-10(9-16)5-4-8-15-13(17)11-6-2-3-7-12(11)14/h2-3,6-7,10,16H,4-5,8-9,14H2,1H3,(H,15,17). The summed E-state index contributed by atoms with van der Waals surface area (Å²) in [5.74, 6) is 0.147. The Kier molecular flexibility index (Phi) is 5.49. The monoisotopic (exact) mass is 236 g/mol. The molecule has 0 spiro atoms. The second-order valence-corrected chi connectivity index (χ2v) is 4.27. The summed E-state index contributed by atoms with van der Waals surface area (Å²) in [6, 6.07) is 7.01. The van der Waals surface area contributed by atoms with Crippen LogP contribution in [0.15, 0.2) is 24.3 Å². The number of amides is 1. The summed E-state index contributed by atoms with van der Waals surface area (Å²) < 4.78 is 0. The minimum absolute atomic E-state index is 0.139. The predicted octanol–water partition coefficient (Wildman–Crippen LogP) is 1.41. The minimum Gasteiger partial charge on any atom is -0.398 e. The molecule has 0 heterocycles. The Labute approximate surface area is 102 Å². The van der Waals surface area contributed by atoms with Crippen LogP contribution in [0.25, 0.3) is 0 Å². The molecule has 94 valence electrons. The van der Waals surface area contributed by atoms with Gasteiger partial charge in [0, 0.05) is 18.8 Å². The van der Waals surface area contributed by atoms with Crippen LogP contribution in [0.4, 0.5) is 5.69 Å². The van der Waals surface area contributed by atoms with Gasteiger partial charge in [0.1, 0.15) is 0 Å². The number of anilines is 1. The maximum absolute atomic E-state index is 11.7. The van der Waals surface area contributed by atoms with Gasteiger partial charge in [-0.25, -0.2) is 0 Å². The molecule has 4 nitrogen and oxygen atoms in total. The third-order valence-corrected chi connectivity index (χ3v) is 2.68. The highest BCUT2D eigenvalue weighted by Gasteiger charge is 2.07. The van der Waals surface area contributed by atoms with Crippen molar-refractivity contribution in [1.29, 1.82) is 0 Å². The molecule has 0 aliphatic heterocycles. The lowest BCUT2D eigenvalue weighted by atomic mass is 10.1. The number of benzene rings is 1. The zero-order valence-electron chi connectivity index (χ0n) is 10.1. The molecule has 1 aromatic rings. The first kappa shape index (κ1) is 13.5. The van der Waals surface area contributed by atoms with E-state index >= 15 is 0 Å². The number of hydrogen-bond acceptors (Lipinski definition) is 3. The SMILES string of the molecule is CC(CO)CCCNC(=O)c1ccccc1N. The van der Waals surface area contributed by atoms with Crippen molar-refractivity contribution < 1.29 is 9.90 Å². The Morgan fingerprint density at radius 1 is 1.47 bits per heavy atom. The van der Waals surface area contributed by atoms with Gasteiger partial charge in [-0.2, -0.15) is 0 Å². The average Bonchev–Trinajstić information content (AvgIpc) is 2.34. The second-order valence-electron chi connectivity index (χ2n) is 4.27. The molecular formula is C13H20N2O2. The van der Waals surface area contributed by atoms with E-state index in [1.165, 1.54) is 0 Å². The van der Waals surface area contributed by atoms with E-state index in [4.69, 9.17) is 10.8 Å². The first-order chi connectivity index (χ1) is 8.15. The maximum Gasteiger partial charge on any atom is 0.253 e. The van der Waals surface area contributed by atoms with Gasteiger partial charge in [-0.1, -0.05) is 19.1 Å². The lowest BCUT2D eigenvalue weighted by Gasteiger charge is -2.09. The summed E-state index contributed by atoms with van der Waals surface area (Å²) in [5.41, 5.74) is 6.71. The largest absolute Gasteiger partial charge is 0.398 e. The van der Waals surface area contributed by atoms with Gasteiger partial charge in [-0.3, -0.25) is 4.79 Å². The third-order valence-electron chi connectivity index (χ3n) is 2.68. The fourth-order valence-electron chi connectivity index (χ4n) is 1.54. The number of nitrogen functional groups attached to an aromatic ring is 1. The predicted molar refractivity (Wildman–Crippen MR) is 68.7 cm³/mol. The molecule has 0 saturated heterocycles. The molecule has 17 heavy (non-hydrogen) atoms. The second kappa shape index (κ2) is 6.91. The van der Waals surface area contributed by atoms with Crippen molar-refractivity contribution >= 4 is 11.6 Å². The Hall–Kier alpha value is -1.55. The molecule has 1 aromatic carbocycles. The van der Waals surface area contributed by atoms with Crippen LogP contribution < -0.4 is 11.1 Å². The van der Waals surface area contributed by atoms with E-state index in [9.17, 15) is 4.79 Å². The highest BCUT2D eigenvalue weighted by Crippen LogP contribution is 2.10. The number of aliphatic hydroxyl groups is 1. The smallest absolute Gasteiger partial charge is 0.253 e. The molecular weight excluding hydrogens is 216 g/mol. The van der Waals surface area contributed by atoms with E-state index in [2.05, 4.69) is 5.32 Å². The zero-order chi connectivity index (χ0) is 12.7. The number of carbonyl (C=O) groups is 1. The Morgan fingerprint density at radius 3 is 2.82 bits per heavy atom. The van der Waals surface area contributed by atoms with Gasteiger partial charge < -0.3 is 16.2 Å². The number of rotatable bonds is 6. The van der Waals surface area contributed by atoms with Gasteiger partial charge >= 0.3 is 0 Å². The van der Waals surface area contributed by atoms with Crippen molar-refractivity contribution in [2.75, 3.05) is 18.9 Å². The van der Waals surface area contributed by atoms with Crippen LogP contribution in [0.3, 0.4) is 0 Å². The van der Waals surface area contributed by atoms with Crippen LogP contribution >= 0.6 is 0 Å². The topological polar surface area (TPSA) is 75.3 Å². The van der Waals surface area contributed by atoms with Crippen molar-refractivity contribution in [2.24, 2.45) is 5.92 Å². The first-order valence-corrected chi connectivity index (χ1v) is 5.88. The molecule has 1 unspecified atom stereocenters. The Morgan fingerprint density at radius 2 is 2.18 bits per heavy atom. The van der Waals surface area contributed by atoms with Gasteiger partial charge in [-0.05, 0) is 30.9 Å². The van der Waals surface area contributed by atoms with Gasteiger partial charge in [0.25, 0.3) is 5.91 Å². The minimum atomic E-state index is -0.139. The molecule has 0 aliphatic carbocycles. The van der Waals surface area contributed by atoms with Crippen LogP contribution in [0.5, 0.6) is 0 Å². The third kappa shape index (κ3) is 4.44. The summed E-state index contributed by atoms with van der Waals surface area (Å²) in [6.07, 6.45) is 1.77. The van der Waals surface area contributed by atoms with Crippen LogP contribution in [-0.2, 0) is 0 Å². The highest BCUT2D eigenvalue weighted by atomic mass is 16.3. The van der Waals surface area contributed by atoms with Crippen molar-refractivity contribution in [2.45, 2.75) is 19.8 Å². The van der Waals surface area contributed by atoms with Crippen LogP contribution in [0.2, 0.25) is 0 Å². The molecule has 1 atom stereocenters. The van der Waals surface area contributed by atoms with E-state index in [1.807, 2.05) is 6.92 Å². The summed E-state index contributed by atoms with van der Waals surface area (Å²) in [7, 11) is 0. The quantitative estimate of drug-likeness (QED) is 0.516. The van der Waals surface area contributed by atoms with E-state index in [0.29, 0.717) is 17.8 Å². The molecule has 0 saturated carbocycles. The average molecular weight is 236 g/mol. The van der Waals surface area contributed by atoms with E-state index in [1.54, 1.807) is 24.3 Å². The van der Waals surface area contributed by atoms with Crippen LogP contribution in [0, 0.1) is 5.92 Å². The van der Waals surface area contributed by atoms with E-state index < -0.39 is 0 Å². The molecule has 1 rings (SSSR count). The molecule has 0 aliphatic rings. The zero-order valence-corrected chi connectivity index (χ0v) is 10.1. The van der Waals surface area contributed by atoms with Crippen LogP contribution in [0.1, 0.15) is 30.1 Å². The highest BCUT2D eigenvalue weighted by molar-refractivity contribution is 5.98. The number of nitrogens with one attached hydrogen (secondary N) is 1. The van der Waals surface area contributed by atoms with Gasteiger partial charge in [0.2, 0.25) is 0 Å². The van der Waals surface area contributed by atoms with Crippen molar-refractivity contribution in [3.05, 3.63) is 29.8 Å². The lowest BCUT2D eigenvalue weighted by Crippen LogP contribution is -2.25. The molecule has 4 N–H and O–H groups in total. The van der Waals surface area contributed by atoms with Crippen molar-refractivity contribution in [3.63, 3.8) is 0 Å². The number of carbonyl (C=O) groups excluding carboxylic acids is 1. The molecule has 0 aromatic heterocycles. The van der Waals surface area contributed by atoms with Crippen molar-refractivity contribution in [3.8, 4) is 0 Å². The van der Waals surface area contributed by atoms with Crippen molar-refractivity contribution in [1.82, 2.24) is 5.32 Å². The van der Waals surface area contributed by atoms with Crippen LogP contribution in [-0.4, -0.2) is 24.2 Å². The summed E-state index contributed by atoms with van der Waals surface area (Å²) >= 11 is 0. The van der Waals surface area contributed by atoms with E-state index in [-0.39, 0.29) is 18.4 Å². The summed E-state index contributed by atoms with van der Waals surface area (Å²) in [4.78, 5) is 11.7.